The van der Waals surface area contributed by atoms with Crippen LogP contribution in [0.4, 0.5) is 17.6 Å². The molecule has 5 rings (SSSR count). The number of carbonyl (C=O) groups excluding carboxylic acids is 2. The van der Waals surface area contributed by atoms with E-state index in [1.54, 1.807) is 6.92 Å². The average molecular weight is 511 g/mol. The van der Waals surface area contributed by atoms with Crippen LogP contribution in [0, 0.1) is 11.7 Å². The fourth-order valence-electron chi connectivity index (χ4n) is 6.25. The lowest BCUT2D eigenvalue weighted by molar-refractivity contribution is -0.158. The van der Waals surface area contributed by atoms with Crippen LogP contribution in [0.15, 0.2) is 23.3 Å². The van der Waals surface area contributed by atoms with E-state index in [4.69, 9.17) is 9.47 Å². The minimum Gasteiger partial charge on any atom is -0.450 e. The van der Waals surface area contributed by atoms with E-state index in [-0.39, 0.29) is 42.1 Å². The summed E-state index contributed by atoms with van der Waals surface area (Å²) < 4.78 is 65.6. The summed E-state index contributed by atoms with van der Waals surface area (Å²) >= 11 is 0. The molecule has 0 bridgehead atoms. The van der Waals surface area contributed by atoms with Gasteiger partial charge in [-0.2, -0.15) is 13.2 Å². The molecule has 2 saturated heterocycles. The molecule has 2 atom stereocenters. The number of likely N-dealkylation sites (tertiary alicyclic amines) is 1. The van der Waals surface area contributed by atoms with Gasteiger partial charge in [-0.25, -0.2) is 9.18 Å². The second kappa shape index (κ2) is 9.13. The number of benzene rings is 1. The molecule has 0 saturated carbocycles. The summed E-state index contributed by atoms with van der Waals surface area (Å²) in [6.45, 7) is 6.29. The molecule has 0 N–H and O–H groups in total. The molecule has 10 heteroatoms. The fraction of sp³-hybridized carbons (Fsp3) is 0.615. The van der Waals surface area contributed by atoms with Gasteiger partial charge in [0.25, 0.3) is 5.91 Å². The van der Waals surface area contributed by atoms with Gasteiger partial charge < -0.3 is 14.4 Å². The lowest BCUT2D eigenvalue weighted by Gasteiger charge is -2.47. The zero-order chi connectivity index (χ0) is 25.8. The number of carbonyl (C=O) groups is 2. The third-order valence-corrected chi connectivity index (χ3v) is 8.27. The lowest BCUT2D eigenvalue weighted by atomic mass is 9.75. The number of piperidine rings is 1. The van der Waals surface area contributed by atoms with Gasteiger partial charge in [-0.1, -0.05) is 6.92 Å². The third kappa shape index (κ3) is 4.22. The van der Waals surface area contributed by atoms with Crippen molar-refractivity contribution in [2.24, 2.45) is 5.92 Å². The molecule has 0 aromatic heterocycles. The molecular formula is C26H30F4N2O4. The van der Waals surface area contributed by atoms with Gasteiger partial charge in [0.15, 0.2) is 0 Å². The van der Waals surface area contributed by atoms with Gasteiger partial charge in [-0.05, 0) is 49.4 Å². The summed E-state index contributed by atoms with van der Waals surface area (Å²) in [7, 11) is 0. The van der Waals surface area contributed by atoms with Crippen LogP contribution in [0.5, 0.6) is 0 Å². The average Bonchev–Trinajstić information content (AvgIpc) is 3.10. The van der Waals surface area contributed by atoms with E-state index in [9.17, 15) is 27.2 Å². The number of rotatable bonds is 2. The lowest BCUT2D eigenvalue weighted by Crippen LogP contribution is -2.57. The van der Waals surface area contributed by atoms with Crippen molar-refractivity contribution < 1.29 is 36.6 Å². The van der Waals surface area contributed by atoms with E-state index in [1.807, 2.05) is 6.92 Å². The highest BCUT2D eigenvalue weighted by molar-refractivity contribution is 6.07. The molecule has 4 aliphatic heterocycles. The highest BCUT2D eigenvalue weighted by Gasteiger charge is 2.56. The molecule has 2 fully saturated rings. The molecule has 0 radical (unpaired) electrons. The van der Waals surface area contributed by atoms with Crippen LogP contribution in [0.25, 0.3) is 0 Å². The number of fused-ring (bicyclic) bond motifs is 1. The predicted molar refractivity (Wildman–Crippen MR) is 121 cm³/mol. The summed E-state index contributed by atoms with van der Waals surface area (Å²) in [5.41, 5.74) is -1.27. The van der Waals surface area contributed by atoms with Gasteiger partial charge >= 0.3 is 12.1 Å². The Morgan fingerprint density at radius 2 is 1.89 bits per heavy atom. The van der Waals surface area contributed by atoms with Crippen molar-refractivity contribution in [2.75, 3.05) is 32.8 Å². The van der Waals surface area contributed by atoms with Crippen molar-refractivity contribution in [1.82, 2.24) is 9.80 Å². The summed E-state index contributed by atoms with van der Waals surface area (Å²) in [6, 6.07) is 1.81. The quantitative estimate of drug-likeness (QED) is 0.447. The Hall–Kier alpha value is -2.46. The molecule has 0 aliphatic carbocycles. The van der Waals surface area contributed by atoms with Crippen LogP contribution in [0.2, 0.25) is 0 Å². The molecule has 1 aromatic rings. The van der Waals surface area contributed by atoms with Crippen LogP contribution in [-0.4, -0.2) is 66.2 Å². The molecule has 196 valence electrons. The first-order valence-corrected chi connectivity index (χ1v) is 12.5. The molecule has 36 heavy (non-hydrogen) atoms. The molecule has 4 heterocycles. The van der Waals surface area contributed by atoms with Gasteiger partial charge in [0.1, 0.15) is 11.4 Å². The molecule has 1 amide bonds. The minimum atomic E-state index is -4.69. The monoisotopic (exact) mass is 510 g/mol. The second-order valence-corrected chi connectivity index (χ2v) is 10.3. The largest absolute Gasteiger partial charge is 0.450 e. The van der Waals surface area contributed by atoms with E-state index in [1.165, 1.54) is 4.90 Å². The van der Waals surface area contributed by atoms with Crippen molar-refractivity contribution in [2.45, 2.75) is 63.9 Å². The maximum Gasteiger partial charge on any atom is 0.416 e. The first-order valence-electron chi connectivity index (χ1n) is 12.5. The Morgan fingerprint density at radius 1 is 1.17 bits per heavy atom. The predicted octanol–water partition coefficient (Wildman–Crippen LogP) is 3.86. The highest BCUT2D eigenvalue weighted by atomic mass is 19.4. The smallest absolute Gasteiger partial charge is 0.416 e. The standard InChI is InChI=1S/C26H30F4N2O4/c1-15-13-31(19-4-9-35-10-5-19)8-6-25(15)22(16(2)24(34)36-25)23(33)32-7-3-20-17(14-32)11-18(12-21(20)27)26(28,29)30/h11-12,15,19H,3-10,13-14H2,1-2H3. The Labute approximate surface area is 207 Å². The van der Waals surface area contributed by atoms with Crippen molar-refractivity contribution in [3.63, 3.8) is 0 Å². The van der Waals surface area contributed by atoms with Crippen LogP contribution >= 0.6 is 0 Å². The Kier molecular flexibility index (Phi) is 6.39. The number of hydrogen-bond donors (Lipinski definition) is 0. The van der Waals surface area contributed by atoms with Crippen LogP contribution in [-0.2, 0) is 38.2 Å². The van der Waals surface area contributed by atoms with Gasteiger partial charge in [0, 0.05) is 63.3 Å². The Bertz CT molecular complexity index is 1110. The number of hydrogen-bond acceptors (Lipinski definition) is 5. The SMILES string of the molecule is CC1=C(C(=O)N2CCc3c(F)cc(C(F)(F)F)cc3C2)C2(CCN(C3CCOCC3)CC2C)OC1=O. The molecule has 2 unspecified atom stereocenters. The van der Waals surface area contributed by atoms with Crippen LogP contribution in [0.3, 0.4) is 0 Å². The van der Waals surface area contributed by atoms with Crippen molar-refractivity contribution in [1.29, 1.82) is 0 Å². The molecule has 1 spiro atoms. The zero-order valence-electron chi connectivity index (χ0n) is 20.4. The Balaban J connectivity index is 1.40. The Morgan fingerprint density at radius 3 is 2.56 bits per heavy atom. The number of esters is 1. The molecular weight excluding hydrogens is 480 g/mol. The number of halogens is 4. The van der Waals surface area contributed by atoms with Crippen molar-refractivity contribution in [3.05, 3.63) is 45.8 Å². The van der Waals surface area contributed by atoms with Crippen LogP contribution in [0.1, 0.15) is 49.8 Å². The topological polar surface area (TPSA) is 59.1 Å². The normalized spacial score (nSPS) is 28.0. The minimum absolute atomic E-state index is 0.103. The highest BCUT2D eigenvalue weighted by Crippen LogP contribution is 2.46. The van der Waals surface area contributed by atoms with Gasteiger partial charge in [0.05, 0.1) is 11.1 Å². The van der Waals surface area contributed by atoms with E-state index < -0.39 is 35.0 Å². The van der Waals surface area contributed by atoms with Gasteiger partial charge in [0.2, 0.25) is 0 Å². The van der Waals surface area contributed by atoms with E-state index >= 15 is 0 Å². The maximum atomic E-state index is 14.4. The summed E-state index contributed by atoms with van der Waals surface area (Å²) in [6.07, 6.45) is -2.25. The van der Waals surface area contributed by atoms with E-state index in [2.05, 4.69) is 4.90 Å². The van der Waals surface area contributed by atoms with Crippen molar-refractivity contribution in [3.8, 4) is 0 Å². The maximum absolute atomic E-state index is 14.4. The zero-order valence-corrected chi connectivity index (χ0v) is 20.4. The molecule has 6 nitrogen and oxygen atoms in total. The summed E-state index contributed by atoms with van der Waals surface area (Å²) in [5.74, 6) is -2.02. The van der Waals surface area contributed by atoms with Gasteiger partial charge in [-0.3, -0.25) is 9.69 Å². The summed E-state index contributed by atoms with van der Waals surface area (Å²) in [5, 5.41) is 0. The van der Waals surface area contributed by atoms with Crippen LogP contribution < -0.4 is 0 Å². The summed E-state index contributed by atoms with van der Waals surface area (Å²) in [4.78, 5) is 30.3. The van der Waals surface area contributed by atoms with Gasteiger partial charge in [-0.15, -0.1) is 0 Å². The number of ether oxygens (including phenoxy) is 2. The molecule has 1 aromatic carbocycles. The van der Waals surface area contributed by atoms with E-state index in [0.717, 1.165) is 18.9 Å². The number of alkyl halides is 3. The number of amides is 1. The second-order valence-electron chi connectivity index (χ2n) is 10.3. The van der Waals surface area contributed by atoms with Crippen molar-refractivity contribution >= 4 is 11.9 Å². The first-order chi connectivity index (χ1) is 17.0. The first kappa shape index (κ1) is 25.2. The fourth-order valence-corrected chi connectivity index (χ4v) is 6.25. The third-order valence-electron chi connectivity index (χ3n) is 8.27. The van der Waals surface area contributed by atoms with E-state index in [0.29, 0.717) is 50.4 Å². The number of nitrogens with zero attached hydrogens (tertiary/aromatic N) is 2. The molecule has 4 aliphatic rings.